The minimum absolute atomic E-state index is 0.0633. The van der Waals surface area contributed by atoms with Gasteiger partial charge in [-0.15, -0.1) is 0 Å². The first-order chi connectivity index (χ1) is 9.42. The zero-order chi connectivity index (χ0) is 15.3. The molecule has 4 nitrogen and oxygen atoms in total. The summed E-state index contributed by atoms with van der Waals surface area (Å²) in [6.07, 6.45) is 0.380. The van der Waals surface area contributed by atoms with E-state index in [-0.39, 0.29) is 21.6 Å². The van der Waals surface area contributed by atoms with Crippen LogP contribution in [-0.2, 0) is 4.79 Å². The first-order valence-electron chi connectivity index (χ1n) is 6.33. The number of halogens is 2. The number of aliphatic carboxylic acids is 1. The van der Waals surface area contributed by atoms with Crippen molar-refractivity contribution < 1.29 is 19.4 Å². The van der Waals surface area contributed by atoms with E-state index in [9.17, 15) is 9.59 Å². The number of ether oxygens (including phenoxy) is 1. The maximum atomic E-state index is 11.8. The Morgan fingerprint density at radius 1 is 1.25 bits per heavy atom. The minimum Gasteiger partial charge on any atom is -0.479 e. The van der Waals surface area contributed by atoms with E-state index in [1.807, 2.05) is 6.92 Å². The molecule has 0 amide bonds. The molecular weight excluding hydrogens is 303 g/mol. The summed E-state index contributed by atoms with van der Waals surface area (Å²) in [5.41, 5.74) is 0.328. The van der Waals surface area contributed by atoms with Crippen LogP contribution in [0.1, 0.15) is 43.5 Å². The van der Waals surface area contributed by atoms with E-state index in [0.717, 1.165) is 0 Å². The first-order valence-corrected chi connectivity index (χ1v) is 7.08. The van der Waals surface area contributed by atoms with Crippen molar-refractivity contribution in [3.63, 3.8) is 0 Å². The van der Waals surface area contributed by atoms with Gasteiger partial charge >= 0.3 is 5.97 Å². The van der Waals surface area contributed by atoms with Crippen molar-refractivity contribution in [2.45, 2.75) is 39.2 Å². The van der Waals surface area contributed by atoms with Crippen LogP contribution in [0.15, 0.2) is 12.1 Å². The molecule has 110 valence electrons. The van der Waals surface area contributed by atoms with Gasteiger partial charge in [-0.2, -0.15) is 0 Å². The van der Waals surface area contributed by atoms with Gasteiger partial charge in [-0.3, -0.25) is 4.79 Å². The van der Waals surface area contributed by atoms with Crippen LogP contribution >= 0.6 is 23.2 Å². The Hall–Kier alpha value is -1.26. The number of ketones is 1. The summed E-state index contributed by atoms with van der Waals surface area (Å²) in [5.74, 6) is -1.01. The Morgan fingerprint density at radius 3 is 2.40 bits per heavy atom. The quantitative estimate of drug-likeness (QED) is 0.764. The van der Waals surface area contributed by atoms with Gasteiger partial charge in [-0.1, -0.05) is 37.0 Å². The number of carboxylic acid groups (broad SMARTS) is 1. The van der Waals surface area contributed by atoms with Crippen molar-refractivity contribution in [1.29, 1.82) is 0 Å². The lowest BCUT2D eigenvalue weighted by Crippen LogP contribution is -2.26. The van der Waals surface area contributed by atoms with Crippen molar-refractivity contribution in [2.75, 3.05) is 0 Å². The van der Waals surface area contributed by atoms with Gasteiger partial charge in [0, 0.05) is 12.0 Å². The highest BCUT2D eigenvalue weighted by molar-refractivity contribution is 6.44. The molecule has 1 aromatic rings. The zero-order valence-electron chi connectivity index (χ0n) is 11.3. The second kappa shape index (κ2) is 7.50. The molecule has 0 aliphatic carbocycles. The summed E-state index contributed by atoms with van der Waals surface area (Å²) in [6.45, 7) is 3.58. The molecule has 0 heterocycles. The SMILES string of the molecule is CCCC(=O)c1ccc(OC(CC)C(=O)O)c(Cl)c1Cl. The summed E-state index contributed by atoms with van der Waals surface area (Å²) in [4.78, 5) is 22.8. The predicted molar refractivity (Wildman–Crippen MR) is 78.0 cm³/mol. The molecule has 0 aliphatic rings. The number of carboxylic acids is 1. The molecule has 1 atom stereocenters. The van der Waals surface area contributed by atoms with Crippen LogP contribution in [0, 0.1) is 0 Å². The third kappa shape index (κ3) is 3.87. The van der Waals surface area contributed by atoms with Crippen LogP contribution in [-0.4, -0.2) is 23.0 Å². The van der Waals surface area contributed by atoms with E-state index < -0.39 is 12.1 Å². The molecule has 1 unspecified atom stereocenters. The maximum absolute atomic E-state index is 11.8. The standard InChI is InChI=1S/C14H16Cl2O4/c1-3-5-9(17)8-6-7-11(13(16)12(8)15)20-10(4-2)14(18)19/h6-7,10H,3-5H2,1-2H3,(H,18,19). The van der Waals surface area contributed by atoms with Gasteiger partial charge in [0.15, 0.2) is 11.9 Å². The van der Waals surface area contributed by atoms with Gasteiger partial charge in [-0.25, -0.2) is 4.79 Å². The zero-order valence-corrected chi connectivity index (χ0v) is 12.8. The lowest BCUT2D eigenvalue weighted by Gasteiger charge is -2.16. The van der Waals surface area contributed by atoms with Gasteiger partial charge in [0.25, 0.3) is 0 Å². The molecule has 1 N–H and O–H groups in total. The first kappa shape index (κ1) is 16.8. The van der Waals surface area contributed by atoms with Crippen LogP contribution < -0.4 is 4.74 Å². The fraction of sp³-hybridized carbons (Fsp3) is 0.429. The van der Waals surface area contributed by atoms with Crippen molar-refractivity contribution in [2.24, 2.45) is 0 Å². The molecule has 0 radical (unpaired) electrons. The average molecular weight is 319 g/mol. The van der Waals surface area contributed by atoms with E-state index in [1.54, 1.807) is 6.92 Å². The third-order valence-corrected chi connectivity index (χ3v) is 3.60. The van der Waals surface area contributed by atoms with Crippen LogP contribution in [0.4, 0.5) is 0 Å². The van der Waals surface area contributed by atoms with Gasteiger partial charge in [0.1, 0.15) is 10.8 Å². The molecule has 0 saturated carbocycles. The highest BCUT2D eigenvalue weighted by Gasteiger charge is 2.21. The third-order valence-electron chi connectivity index (χ3n) is 2.74. The number of carbonyl (C=O) groups excluding carboxylic acids is 1. The van der Waals surface area contributed by atoms with Gasteiger partial charge in [0.05, 0.1) is 5.02 Å². The highest BCUT2D eigenvalue weighted by atomic mass is 35.5. The topological polar surface area (TPSA) is 63.6 Å². The second-order valence-electron chi connectivity index (χ2n) is 4.27. The maximum Gasteiger partial charge on any atom is 0.344 e. The predicted octanol–water partition coefficient (Wildman–Crippen LogP) is 4.22. The summed E-state index contributed by atoms with van der Waals surface area (Å²) >= 11 is 12.1. The van der Waals surface area contributed by atoms with Gasteiger partial charge in [0.2, 0.25) is 0 Å². The summed E-state index contributed by atoms with van der Waals surface area (Å²) in [5, 5.41) is 9.12. The van der Waals surface area contributed by atoms with E-state index in [4.69, 9.17) is 33.0 Å². The van der Waals surface area contributed by atoms with Crippen molar-refractivity contribution >= 4 is 35.0 Å². The molecule has 6 heteroatoms. The largest absolute Gasteiger partial charge is 0.479 e. The molecular formula is C14H16Cl2O4. The van der Waals surface area contributed by atoms with Gasteiger partial charge in [-0.05, 0) is 25.0 Å². The number of carbonyl (C=O) groups is 2. The smallest absolute Gasteiger partial charge is 0.344 e. The van der Waals surface area contributed by atoms with E-state index >= 15 is 0 Å². The average Bonchev–Trinajstić information content (AvgIpc) is 2.40. The Bertz CT molecular complexity index is 514. The van der Waals surface area contributed by atoms with Crippen LogP contribution in [0.2, 0.25) is 10.0 Å². The molecule has 0 bridgehead atoms. The van der Waals surface area contributed by atoms with E-state index in [2.05, 4.69) is 0 Å². The van der Waals surface area contributed by atoms with Crippen molar-refractivity contribution in [1.82, 2.24) is 0 Å². The van der Waals surface area contributed by atoms with Crippen molar-refractivity contribution in [3.8, 4) is 5.75 Å². The Kier molecular flexibility index (Phi) is 6.30. The fourth-order valence-electron chi connectivity index (χ4n) is 1.66. The van der Waals surface area contributed by atoms with Crippen LogP contribution in [0.25, 0.3) is 0 Å². The Morgan fingerprint density at radius 2 is 1.90 bits per heavy atom. The molecule has 1 rings (SSSR count). The summed E-state index contributed by atoms with van der Waals surface area (Å²) in [6, 6.07) is 2.98. The second-order valence-corrected chi connectivity index (χ2v) is 5.02. The minimum atomic E-state index is -1.08. The van der Waals surface area contributed by atoms with E-state index in [0.29, 0.717) is 24.8 Å². The van der Waals surface area contributed by atoms with Crippen LogP contribution in [0.3, 0.4) is 0 Å². The molecule has 0 aromatic heterocycles. The van der Waals surface area contributed by atoms with Crippen molar-refractivity contribution in [3.05, 3.63) is 27.7 Å². The lowest BCUT2D eigenvalue weighted by atomic mass is 10.1. The Labute approximate surface area is 127 Å². The number of benzene rings is 1. The number of Topliss-reactive ketones (excluding diaryl/α,β-unsaturated/α-hetero) is 1. The molecule has 0 saturated heterocycles. The van der Waals surface area contributed by atoms with Gasteiger partial charge < -0.3 is 9.84 Å². The lowest BCUT2D eigenvalue weighted by molar-refractivity contribution is -0.145. The monoisotopic (exact) mass is 318 g/mol. The summed E-state index contributed by atoms with van der Waals surface area (Å²) < 4.78 is 5.30. The fourth-order valence-corrected chi connectivity index (χ4v) is 2.13. The number of hydrogen-bond acceptors (Lipinski definition) is 3. The number of hydrogen-bond donors (Lipinski definition) is 1. The summed E-state index contributed by atoms with van der Waals surface area (Å²) in [7, 11) is 0. The molecule has 0 fully saturated rings. The van der Waals surface area contributed by atoms with E-state index in [1.165, 1.54) is 12.1 Å². The Balaban J connectivity index is 3.05. The number of rotatable bonds is 7. The molecule has 0 aliphatic heterocycles. The molecule has 0 spiro atoms. The highest BCUT2D eigenvalue weighted by Crippen LogP contribution is 2.36. The molecule has 20 heavy (non-hydrogen) atoms. The molecule has 1 aromatic carbocycles. The normalized spacial score (nSPS) is 12.0. The van der Waals surface area contributed by atoms with Crippen LogP contribution in [0.5, 0.6) is 5.75 Å².